The molecular weight excluding hydrogens is 312 g/mol. The molecule has 1 atom stereocenters. The minimum Gasteiger partial charge on any atom is -0.469 e. The summed E-state index contributed by atoms with van der Waals surface area (Å²) in [6.07, 6.45) is 3.85. The first kappa shape index (κ1) is 14.4. The van der Waals surface area contributed by atoms with Gasteiger partial charge in [-0.05, 0) is 27.6 Å². The summed E-state index contributed by atoms with van der Waals surface area (Å²) < 4.78 is 11.2. The van der Waals surface area contributed by atoms with Crippen LogP contribution in [0, 0.1) is 0 Å². The van der Waals surface area contributed by atoms with Crippen LogP contribution in [0.2, 0.25) is 0 Å². The van der Waals surface area contributed by atoms with Gasteiger partial charge in [0.2, 0.25) is 0 Å². The molecule has 5 nitrogen and oxygen atoms in total. The van der Waals surface area contributed by atoms with Crippen LogP contribution in [0.1, 0.15) is 12.0 Å². The number of rotatable bonds is 4. The van der Waals surface area contributed by atoms with Crippen LogP contribution in [-0.4, -0.2) is 48.8 Å². The second-order valence-corrected chi connectivity index (χ2v) is 5.44. The summed E-state index contributed by atoms with van der Waals surface area (Å²) in [6, 6.07) is 2.05. The molecule has 1 saturated heterocycles. The van der Waals surface area contributed by atoms with E-state index in [0.717, 1.165) is 29.7 Å². The molecule has 0 aromatic carbocycles. The van der Waals surface area contributed by atoms with Crippen molar-refractivity contribution in [2.75, 3.05) is 26.8 Å². The Kier molecular flexibility index (Phi) is 5.30. The molecule has 0 spiro atoms. The maximum atomic E-state index is 11.3. The number of ether oxygens (including phenoxy) is 2. The van der Waals surface area contributed by atoms with Crippen LogP contribution in [-0.2, 0) is 20.8 Å². The van der Waals surface area contributed by atoms with Gasteiger partial charge < -0.3 is 9.47 Å². The van der Waals surface area contributed by atoms with Crippen molar-refractivity contribution in [2.45, 2.75) is 19.1 Å². The minimum absolute atomic E-state index is 0.0821. The second kappa shape index (κ2) is 6.98. The topological polar surface area (TPSA) is 51.7 Å². The largest absolute Gasteiger partial charge is 0.469 e. The fraction of sp³-hybridized carbons (Fsp3) is 0.538. The molecule has 0 saturated carbocycles. The molecule has 6 heteroatoms. The zero-order valence-corrected chi connectivity index (χ0v) is 12.4. The molecule has 1 unspecified atom stereocenters. The molecule has 104 valence electrons. The maximum Gasteiger partial charge on any atom is 0.308 e. The lowest BCUT2D eigenvalue weighted by atomic mass is 10.2. The van der Waals surface area contributed by atoms with E-state index in [4.69, 9.17) is 4.74 Å². The van der Waals surface area contributed by atoms with Gasteiger partial charge in [0, 0.05) is 36.5 Å². The summed E-state index contributed by atoms with van der Waals surface area (Å²) in [6.45, 7) is 3.06. The Balaban J connectivity index is 1.89. The molecule has 0 aliphatic carbocycles. The number of halogens is 1. The average Bonchev–Trinajstić information content (AvgIpc) is 2.39. The summed E-state index contributed by atoms with van der Waals surface area (Å²) in [5.74, 6) is -0.226. The van der Waals surface area contributed by atoms with Crippen LogP contribution in [0.3, 0.4) is 0 Å². The van der Waals surface area contributed by atoms with E-state index in [1.54, 1.807) is 6.20 Å². The lowest BCUT2D eigenvalue weighted by Crippen LogP contribution is -2.42. The predicted molar refractivity (Wildman–Crippen MR) is 73.6 cm³/mol. The third-order valence-electron chi connectivity index (χ3n) is 3.01. The van der Waals surface area contributed by atoms with Crippen molar-refractivity contribution in [2.24, 2.45) is 0 Å². The van der Waals surface area contributed by atoms with Gasteiger partial charge >= 0.3 is 5.97 Å². The molecule has 1 aromatic rings. The van der Waals surface area contributed by atoms with Gasteiger partial charge in [0.1, 0.15) is 0 Å². The van der Waals surface area contributed by atoms with Crippen molar-refractivity contribution >= 4 is 21.9 Å². The smallest absolute Gasteiger partial charge is 0.308 e. The van der Waals surface area contributed by atoms with E-state index >= 15 is 0 Å². The van der Waals surface area contributed by atoms with Crippen molar-refractivity contribution in [1.82, 2.24) is 9.88 Å². The van der Waals surface area contributed by atoms with E-state index in [1.807, 2.05) is 6.20 Å². The van der Waals surface area contributed by atoms with Gasteiger partial charge in [-0.2, -0.15) is 0 Å². The van der Waals surface area contributed by atoms with Crippen LogP contribution in [0.15, 0.2) is 22.9 Å². The number of methoxy groups -OCH3 is 1. The molecule has 0 bridgehead atoms. The molecule has 0 radical (unpaired) electrons. The van der Waals surface area contributed by atoms with Crippen molar-refractivity contribution < 1.29 is 14.3 Å². The van der Waals surface area contributed by atoms with Crippen molar-refractivity contribution in [1.29, 1.82) is 0 Å². The normalized spacial score (nSPS) is 20.2. The highest BCUT2D eigenvalue weighted by Gasteiger charge is 2.23. The van der Waals surface area contributed by atoms with Crippen LogP contribution in [0.4, 0.5) is 0 Å². The Labute approximate surface area is 121 Å². The number of pyridine rings is 1. The predicted octanol–water partition coefficient (Wildman–Crippen LogP) is 1.61. The van der Waals surface area contributed by atoms with Crippen LogP contribution >= 0.6 is 15.9 Å². The first-order chi connectivity index (χ1) is 9.17. The fourth-order valence-electron chi connectivity index (χ4n) is 2.12. The summed E-state index contributed by atoms with van der Waals surface area (Å²) >= 11 is 3.41. The Hall–Kier alpha value is -0.980. The van der Waals surface area contributed by atoms with E-state index < -0.39 is 0 Å². The lowest BCUT2D eigenvalue weighted by Gasteiger charge is -2.32. The molecular formula is C13H17BrN2O3. The minimum atomic E-state index is -0.226. The first-order valence-electron chi connectivity index (χ1n) is 6.17. The van der Waals surface area contributed by atoms with E-state index in [0.29, 0.717) is 13.0 Å². The number of hydrogen-bond donors (Lipinski definition) is 0. The van der Waals surface area contributed by atoms with Gasteiger partial charge in [-0.25, -0.2) is 0 Å². The van der Waals surface area contributed by atoms with Crippen LogP contribution in [0.5, 0.6) is 0 Å². The number of carbonyl (C=O) groups is 1. The van der Waals surface area contributed by atoms with Gasteiger partial charge in [-0.3, -0.25) is 14.7 Å². The van der Waals surface area contributed by atoms with Gasteiger partial charge in [0.15, 0.2) is 0 Å². The second-order valence-electron chi connectivity index (χ2n) is 4.52. The SMILES string of the molecule is COC(=O)CC1CN(Cc2cncc(Br)c2)CCO1. The van der Waals surface area contributed by atoms with Crippen LogP contribution < -0.4 is 0 Å². The average molecular weight is 329 g/mol. The Morgan fingerprint density at radius 2 is 2.47 bits per heavy atom. The number of morpholine rings is 1. The van der Waals surface area contributed by atoms with E-state index in [-0.39, 0.29) is 12.1 Å². The van der Waals surface area contributed by atoms with Gasteiger partial charge in [0.25, 0.3) is 0 Å². The molecule has 1 aromatic heterocycles. The molecule has 1 fully saturated rings. The number of hydrogen-bond acceptors (Lipinski definition) is 5. The Morgan fingerprint density at radius 3 is 3.21 bits per heavy atom. The summed E-state index contributed by atoms with van der Waals surface area (Å²) in [4.78, 5) is 17.7. The molecule has 1 aliphatic heterocycles. The molecule has 0 N–H and O–H groups in total. The maximum absolute atomic E-state index is 11.3. The van der Waals surface area contributed by atoms with Crippen molar-refractivity contribution in [3.63, 3.8) is 0 Å². The third kappa shape index (κ3) is 4.56. The van der Waals surface area contributed by atoms with E-state index in [9.17, 15) is 4.79 Å². The van der Waals surface area contributed by atoms with Gasteiger partial charge in [-0.1, -0.05) is 0 Å². The number of carbonyl (C=O) groups excluding carboxylic acids is 1. The van der Waals surface area contributed by atoms with Crippen LogP contribution in [0.25, 0.3) is 0 Å². The summed E-state index contributed by atoms with van der Waals surface area (Å²) in [7, 11) is 1.40. The number of aromatic nitrogens is 1. The molecule has 2 rings (SSSR count). The number of nitrogens with zero attached hydrogens (tertiary/aromatic N) is 2. The zero-order valence-electron chi connectivity index (χ0n) is 10.8. The first-order valence-corrected chi connectivity index (χ1v) is 6.97. The standard InChI is InChI=1S/C13H17BrN2O3/c1-18-13(17)5-12-9-16(2-3-19-12)8-10-4-11(14)7-15-6-10/h4,6-7,12H,2-3,5,8-9H2,1H3. The Bertz CT molecular complexity index is 442. The zero-order chi connectivity index (χ0) is 13.7. The third-order valence-corrected chi connectivity index (χ3v) is 3.45. The molecule has 0 amide bonds. The highest BCUT2D eigenvalue weighted by molar-refractivity contribution is 9.10. The van der Waals surface area contributed by atoms with Gasteiger partial charge in [-0.15, -0.1) is 0 Å². The van der Waals surface area contributed by atoms with E-state index in [1.165, 1.54) is 7.11 Å². The van der Waals surface area contributed by atoms with Crippen molar-refractivity contribution in [3.05, 3.63) is 28.5 Å². The van der Waals surface area contributed by atoms with Crippen molar-refractivity contribution in [3.8, 4) is 0 Å². The quantitative estimate of drug-likeness (QED) is 0.786. The van der Waals surface area contributed by atoms with E-state index in [2.05, 4.69) is 36.6 Å². The number of esters is 1. The molecule has 19 heavy (non-hydrogen) atoms. The summed E-state index contributed by atoms with van der Waals surface area (Å²) in [5, 5.41) is 0. The lowest BCUT2D eigenvalue weighted by molar-refractivity contribution is -0.145. The highest BCUT2D eigenvalue weighted by Crippen LogP contribution is 2.15. The molecule has 2 heterocycles. The Morgan fingerprint density at radius 1 is 1.63 bits per heavy atom. The fourth-order valence-corrected chi connectivity index (χ4v) is 2.53. The monoisotopic (exact) mass is 328 g/mol. The molecule has 1 aliphatic rings. The highest BCUT2D eigenvalue weighted by atomic mass is 79.9. The summed E-state index contributed by atoms with van der Waals surface area (Å²) in [5.41, 5.74) is 1.15. The van der Waals surface area contributed by atoms with Gasteiger partial charge in [0.05, 0.1) is 26.2 Å².